The van der Waals surface area contributed by atoms with E-state index in [0.717, 1.165) is 22.7 Å². The van der Waals surface area contributed by atoms with Crippen LogP contribution in [0.2, 0.25) is 0 Å². The maximum Gasteiger partial charge on any atom is 0.323 e. The van der Waals surface area contributed by atoms with Crippen molar-refractivity contribution in [3.63, 3.8) is 0 Å². The Kier molecular flexibility index (Phi) is 9.34. The van der Waals surface area contributed by atoms with Crippen LogP contribution in [-0.2, 0) is 29.1 Å². The van der Waals surface area contributed by atoms with Gasteiger partial charge in [0.05, 0.1) is 25.4 Å². The second-order valence-corrected chi connectivity index (χ2v) is 13.9. The van der Waals surface area contributed by atoms with Gasteiger partial charge in [-0.05, 0) is 24.6 Å². The number of carbonyl (C=O) groups is 2. The molecular formula is C36H20F8N4O4S2. The molecule has 18 heteroatoms. The molecule has 0 aliphatic carbocycles. The summed E-state index contributed by atoms with van der Waals surface area (Å²) < 4.78 is 113. The van der Waals surface area contributed by atoms with Gasteiger partial charge in [-0.2, -0.15) is 0 Å². The lowest BCUT2D eigenvalue weighted by atomic mass is 10.1. The number of fused-ring (bicyclic) bond motifs is 4. The third-order valence-corrected chi connectivity index (χ3v) is 10.6. The monoisotopic (exact) mass is 788 g/mol. The molecule has 0 fully saturated rings. The summed E-state index contributed by atoms with van der Waals surface area (Å²) in [7, 11) is 0. The first kappa shape index (κ1) is 36.5. The molecule has 8 aromatic rings. The normalized spacial score (nSPS) is 11.6. The molecule has 276 valence electrons. The van der Waals surface area contributed by atoms with Crippen LogP contribution in [0, 0.1) is 53.5 Å². The summed E-state index contributed by atoms with van der Waals surface area (Å²) in [6.45, 7) is 0.633. The summed E-state index contributed by atoms with van der Waals surface area (Å²) in [4.78, 5) is 30.2. The van der Waals surface area contributed by atoms with Crippen LogP contribution in [0.15, 0.2) is 54.7 Å². The summed E-state index contributed by atoms with van der Waals surface area (Å²) >= 11 is 1.66. The molecule has 0 amide bonds. The van der Waals surface area contributed by atoms with Crippen LogP contribution in [0.3, 0.4) is 0 Å². The minimum absolute atomic E-state index is 0.0544. The molecule has 4 aromatic carbocycles. The third-order valence-electron chi connectivity index (χ3n) is 8.45. The number of thiazole rings is 2. The number of halogens is 8. The second kappa shape index (κ2) is 13.8. The minimum atomic E-state index is -1.35. The van der Waals surface area contributed by atoms with E-state index in [1.807, 2.05) is 0 Å². The fraction of sp³-hybridized carbons (Fsp3) is 0.111. The number of hydrogen-bond donors (Lipinski definition) is 2. The van der Waals surface area contributed by atoms with E-state index >= 15 is 0 Å². The van der Waals surface area contributed by atoms with E-state index in [2.05, 4.69) is 9.97 Å². The number of carboxylic acids is 2. The number of aromatic nitrogens is 4. The number of carboxylic acid groups (broad SMARTS) is 2. The van der Waals surface area contributed by atoms with Crippen molar-refractivity contribution in [3.05, 3.63) is 118 Å². The molecule has 0 saturated heterocycles. The average molecular weight is 789 g/mol. The van der Waals surface area contributed by atoms with Gasteiger partial charge in [0, 0.05) is 46.8 Å². The van der Waals surface area contributed by atoms with E-state index in [4.69, 9.17) is 10.2 Å². The highest BCUT2D eigenvalue weighted by molar-refractivity contribution is 7.21. The van der Waals surface area contributed by atoms with E-state index in [1.165, 1.54) is 39.6 Å². The Morgan fingerprint density at radius 1 is 0.685 bits per heavy atom. The fourth-order valence-corrected chi connectivity index (χ4v) is 8.32. The minimum Gasteiger partial charge on any atom is -0.480 e. The topological polar surface area (TPSA) is 110 Å². The molecule has 0 bridgehead atoms. The number of para-hydroxylation sites is 2. The molecule has 0 unspecified atom stereocenters. The Bertz CT molecular complexity index is 2850. The van der Waals surface area contributed by atoms with Crippen molar-refractivity contribution >= 4 is 76.9 Å². The third kappa shape index (κ3) is 6.30. The molecule has 0 aliphatic rings. The largest absolute Gasteiger partial charge is 0.480 e. The molecule has 0 saturated carbocycles. The van der Waals surface area contributed by atoms with Crippen molar-refractivity contribution in [1.29, 1.82) is 0 Å². The van der Waals surface area contributed by atoms with E-state index < -0.39 is 82.6 Å². The molecule has 0 atom stereocenters. The number of hydrogen-bond acceptors (Lipinski definition) is 6. The molecule has 54 heavy (non-hydrogen) atoms. The standard InChI is InChI=1S/2C18H10F4N2O2S/c1-7-13(8-3-2-4-9(19)16(8)24(7)6-12(25)26)18-23-15-14(22)10(20)5-11(21)17(15)27-18;19-10-3-1-2-9-8(6-24(17(9)10)7-14(25)26)4-13-23-16-15(22)11(20)5-12(21)18(16)27-13/h2-5H,6H2,1H3,(H,25,26);1-3,5-6H,4,7H2,(H,25,26). The maximum atomic E-state index is 14.4. The first-order valence-corrected chi connectivity index (χ1v) is 17.1. The van der Waals surface area contributed by atoms with Crippen LogP contribution >= 0.6 is 22.7 Å². The number of benzene rings is 4. The van der Waals surface area contributed by atoms with Crippen LogP contribution < -0.4 is 0 Å². The Hall–Kier alpha value is -5.88. The Labute approximate surface area is 304 Å². The Morgan fingerprint density at radius 2 is 1.24 bits per heavy atom. The molecule has 2 N–H and O–H groups in total. The van der Waals surface area contributed by atoms with Gasteiger partial charge in [-0.25, -0.2) is 45.1 Å². The van der Waals surface area contributed by atoms with Crippen LogP contribution in [0.4, 0.5) is 35.1 Å². The zero-order chi connectivity index (χ0) is 38.7. The van der Waals surface area contributed by atoms with Gasteiger partial charge in [-0.15, -0.1) is 22.7 Å². The molecule has 0 spiro atoms. The van der Waals surface area contributed by atoms with Crippen molar-refractivity contribution in [1.82, 2.24) is 19.1 Å². The van der Waals surface area contributed by atoms with Crippen molar-refractivity contribution in [2.45, 2.75) is 26.4 Å². The molecule has 4 heterocycles. The molecule has 0 aliphatic heterocycles. The van der Waals surface area contributed by atoms with Crippen LogP contribution in [-0.4, -0.2) is 41.3 Å². The highest BCUT2D eigenvalue weighted by atomic mass is 32.1. The lowest BCUT2D eigenvalue weighted by Crippen LogP contribution is -2.10. The predicted octanol–water partition coefficient (Wildman–Crippen LogP) is 9.35. The zero-order valence-corrected chi connectivity index (χ0v) is 28.8. The Balaban J connectivity index is 0.000000167. The summed E-state index contributed by atoms with van der Waals surface area (Å²) in [6, 6.07) is 9.44. The highest BCUT2D eigenvalue weighted by Crippen LogP contribution is 2.41. The van der Waals surface area contributed by atoms with Gasteiger partial charge in [-0.3, -0.25) is 9.59 Å². The van der Waals surface area contributed by atoms with Gasteiger partial charge in [0.1, 0.15) is 52.4 Å². The molecule has 8 rings (SSSR count). The summed E-state index contributed by atoms with van der Waals surface area (Å²) in [6.07, 6.45) is 1.56. The summed E-state index contributed by atoms with van der Waals surface area (Å²) in [5.74, 6) is -10.6. The van der Waals surface area contributed by atoms with Gasteiger partial charge in [0.2, 0.25) is 0 Å². The van der Waals surface area contributed by atoms with Gasteiger partial charge in [-0.1, -0.05) is 24.3 Å². The van der Waals surface area contributed by atoms with E-state index in [9.17, 15) is 44.7 Å². The fourth-order valence-electron chi connectivity index (χ4n) is 6.25. The van der Waals surface area contributed by atoms with E-state index in [0.29, 0.717) is 44.7 Å². The van der Waals surface area contributed by atoms with Gasteiger partial charge >= 0.3 is 11.9 Å². The van der Waals surface area contributed by atoms with Crippen molar-refractivity contribution in [3.8, 4) is 10.6 Å². The maximum absolute atomic E-state index is 14.4. The van der Waals surface area contributed by atoms with Gasteiger partial charge in [0.15, 0.2) is 23.3 Å². The lowest BCUT2D eigenvalue weighted by molar-refractivity contribution is -0.138. The van der Waals surface area contributed by atoms with E-state index in [1.54, 1.807) is 19.1 Å². The zero-order valence-electron chi connectivity index (χ0n) is 27.2. The van der Waals surface area contributed by atoms with Crippen LogP contribution in [0.1, 0.15) is 16.3 Å². The summed E-state index contributed by atoms with van der Waals surface area (Å²) in [5, 5.41) is 19.4. The molecular weight excluding hydrogens is 769 g/mol. The highest BCUT2D eigenvalue weighted by Gasteiger charge is 2.25. The number of nitrogens with zero attached hydrogens (tertiary/aromatic N) is 4. The smallest absolute Gasteiger partial charge is 0.323 e. The number of aliphatic carboxylic acids is 2. The molecule has 8 nitrogen and oxygen atoms in total. The van der Waals surface area contributed by atoms with Gasteiger partial charge in [0.25, 0.3) is 0 Å². The SMILES string of the molecule is Cc1c(-c2nc3c(F)c(F)cc(F)c3s2)c2cccc(F)c2n1CC(=O)O.O=C(O)Cn1cc(Cc2nc3c(F)c(F)cc(F)c3s2)c2cccc(F)c21. The average Bonchev–Trinajstić information content (AvgIpc) is 3.87. The number of rotatable bonds is 7. The van der Waals surface area contributed by atoms with Gasteiger partial charge < -0.3 is 19.3 Å². The van der Waals surface area contributed by atoms with Crippen LogP contribution in [0.25, 0.3) is 52.8 Å². The molecule has 0 radical (unpaired) electrons. The lowest BCUT2D eigenvalue weighted by Gasteiger charge is -2.05. The quantitative estimate of drug-likeness (QED) is 0.123. The van der Waals surface area contributed by atoms with Crippen molar-refractivity contribution in [2.24, 2.45) is 0 Å². The van der Waals surface area contributed by atoms with Crippen molar-refractivity contribution in [2.75, 3.05) is 0 Å². The first-order chi connectivity index (χ1) is 25.6. The second-order valence-electron chi connectivity index (χ2n) is 11.9. The van der Waals surface area contributed by atoms with Crippen LogP contribution in [0.5, 0.6) is 0 Å². The molecule has 4 aromatic heterocycles. The van der Waals surface area contributed by atoms with E-state index in [-0.39, 0.29) is 31.9 Å². The predicted molar refractivity (Wildman–Crippen MR) is 185 cm³/mol. The first-order valence-electron chi connectivity index (χ1n) is 15.5. The van der Waals surface area contributed by atoms with Crippen molar-refractivity contribution < 1.29 is 54.9 Å². The Morgan fingerprint density at radius 3 is 1.85 bits per heavy atom. The summed E-state index contributed by atoms with van der Waals surface area (Å²) in [5.41, 5.74) is 0.601.